The van der Waals surface area contributed by atoms with Gasteiger partial charge in [0, 0.05) is 0 Å². The Balaban J connectivity index is 2.32. The van der Waals surface area contributed by atoms with Gasteiger partial charge in [-0.15, -0.1) is 0 Å². The molecule has 5 nitrogen and oxygen atoms in total. The maximum absolute atomic E-state index is 10.8. The van der Waals surface area contributed by atoms with Crippen LogP contribution in [0.15, 0.2) is 0 Å². The maximum Gasteiger partial charge on any atom is 0.307 e. The quantitative estimate of drug-likeness (QED) is 0.547. The molecule has 1 rings (SSSR count). The molecular weight excluding hydrogens is 162 g/mol. The standard InChI is InChI=1S/C7H11NO4/c1-11-7(10)2-5-3-12-4-6(9)8-5/h5H,2-4H2,1H3,(H,8,9)/t5-/m1/s1. The van der Waals surface area contributed by atoms with Crippen molar-refractivity contribution in [2.75, 3.05) is 20.3 Å². The van der Waals surface area contributed by atoms with Crippen LogP contribution in [0.2, 0.25) is 0 Å². The first-order valence-electron chi connectivity index (χ1n) is 3.66. The van der Waals surface area contributed by atoms with Gasteiger partial charge in [-0.1, -0.05) is 0 Å². The summed E-state index contributed by atoms with van der Waals surface area (Å²) in [6.45, 7) is 0.457. The van der Waals surface area contributed by atoms with E-state index >= 15 is 0 Å². The van der Waals surface area contributed by atoms with Crippen molar-refractivity contribution in [1.29, 1.82) is 0 Å². The highest BCUT2D eigenvalue weighted by Crippen LogP contribution is 1.99. The Morgan fingerprint density at radius 3 is 3.17 bits per heavy atom. The van der Waals surface area contributed by atoms with Crippen LogP contribution in [0.1, 0.15) is 6.42 Å². The molecule has 1 saturated heterocycles. The number of carbonyl (C=O) groups excluding carboxylic acids is 2. The molecule has 0 spiro atoms. The summed E-state index contributed by atoms with van der Waals surface area (Å²) in [5.41, 5.74) is 0. The number of morpholine rings is 1. The molecule has 0 unspecified atom stereocenters. The lowest BCUT2D eigenvalue weighted by molar-refractivity contribution is -0.143. The van der Waals surface area contributed by atoms with Gasteiger partial charge in [-0.2, -0.15) is 0 Å². The van der Waals surface area contributed by atoms with Gasteiger partial charge < -0.3 is 14.8 Å². The number of carbonyl (C=O) groups is 2. The molecule has 0 radical (unpaired) electrons. The van der Waals surface area contributed by atoms with Crippen molar-refractivity contribution in [3.05, 3.63) is 0 Å². The molecule has 0 aromatic heterocycles. The molecule has 12 heavy (non-hydrogen) atoms. The van der Waals surface area contributed by atoms with E-state index in [1.807, 2.05) is 0 Å². The second kappa shape index (κ2) is 4.06. The zero-order chi connectivity index (χ0) is 8.97. The summed E-state index contributed by atoms with van der Waals surface area (Å²) < 4.78 is 9.36. The number of nitrogens with one attached hydrogen (secondary N) is 1. The largest absolute Gasteiger partial charge is 0.469 e. The van der Waals surface area contributed by atoms with Crippen LogP contribution in [0, 0.1) is 0 Å². The minimum Gasteiger partial charge on any atom is -0.469 e. The average Bonchev–Trinajstić information content (AvgIpc) is 2.04. The predicted octanol–water partition coefficient (Wildman–Crippen LogP) is -0.935. The summed E-state index contributed by atoms with van der Waals surface area (Å²) in [6, 6.07) is -0.237. The van der Waals surface area contributed by atoms with Crippen molar-refractivity contribution in [2.24, 2.45) is 0 Å². The highest BCUT2D eigenvalue weighted by atomic mass is 16.5. The Hall–Kier alpha value is -1.10. The maximum atomic E-state index is 10.8. The molecule has 1 aliphatic rings. The number of hydrogen-bond acceptors (Lipinski definition) is 4. The van der Waals surface area contributed by atoms with Gasteiger partial charge in [0.05, 0.1) is 26.2 Å². The topological polar surface area (TPSA) is 64.6 Å². The van der Waals surface area contributed by atoms with Gasteiger partial charge in [0.1, 0.15) is 6.61 Å². The lowest BCUT2D eigenvalue weighted by Crippen LogP contribution is -2.46. The van der Waals surface area contributed by atoms with E-state index in [0.717, 1.165) is 0 Å². The average molecular weight is 173 g/mol. The molecule has 1 atom stereocenters. The summed E-state index contributed by atoms with van der Waals surface area (Å²) in [4.78, 5) is 21.5. The van der Waals surface area contributed by atoms with Crippen molar-refractivity contribution in [3.63, 3.8) is 0 Å². The molecule has 5 heteroatoms. The van der Waals surface area contributed by atoms with Crippen LogP contribution in [0.4, 0.5) is 0 Å². The van der Waals surface area contributed by atoms with Gasteiger partial charge in [-0.05, 0) is 0 Å². The fourth-order valence-corrected chi connectivity index (χ4v) is 0.999. The number of methoxy groups -OCH3 is 1. The lowest BCUT2D eigenvalue weighted by atomic mass is 10.2. The molecule has 1 N–H and O–H groups in total. The molecular formula is C7H11NO4. The minimum absolute atomic E-state index is 0.0810. The van der Waals surface area contributed by atoms with Crippen LogP contribution in [0.25, 0.3) is 0 Å². The van der Waals surface area contributed by atoms with E-state index in [-0.39, 0.29) is 30.9 Å². The van der Waals surface area contributed by atoms with E-state index in [1.165, 1.54) is 7.11 Å². The lowest BCUT2D eigenvalue weighted by Gasteiger charge is -2.22. The molecule has 68 valence electrons. The van der Waals surface area contributed by atoms with Gasteiger partial charge in [-0.25, -0.2) is 0 Å². The molecule has 0 aromatic carbocycles. The zero-order valence-corrected chi connectivity index (χ0v) is 6.83. The molecule has 0 aliphatic carbocycles. The van der Waals surface area contributed by atoms with Crippen LogP contribution >= 0.6 is 0 Å². The van der Waals surface area contributed by atoms with Crippen molar-refractivity contribution in [2.45, 2.75) is 12.5 Å². The molecule has 1 heterocycles. The third-order valence-electron chi connectivity index (χ3n) is 1.56. The van der Waals surface area contributed by atoms with Crippen LogP contribution < -0.4 is 5.32 Å². The molecule has 1 amide bonds. The third kappa shape index (κ3) is 2.50. The Bertz CT molecular complexity index is 192. The summed E-state index contributed by atoms with van der Waals surface area (Å²) in [5.74, 6) is -0.527. The zero-order valence-electron chi connectivity index (χ0n) is 6.83. The van der Waals surface area contributed by atoms with Gasteiger partial charge in [0.25, 0.3) is 0 Å². The van der Waals surface area contributed by atoms with Gasteiger partial charge in [0.2, 0.25) is 5.91 Å². The third-order valence-corrected chi connectivity index (χ3v) is 1.56. The molecule has 1 fully saturated rings. The first-order valence-corrected chi connectivity index (χ1v) is 3.66. The predicted molar refractivity (Wildman–Crippen MR) is 39.4 cm³/mol. The second-order valence-corrected chi connectivity index (χ2v) is 2.56. The fourth-order valence-electron chi connectivity index (χ4n) is 0.999. The molecule has 1 aliphatic heterocycles. The number of ether oxygens (including phenoxy) is 2. The highest BCUT2D eigenvalue weighted by molar-refractivity contribution is 5.79. The van der Waals surface area contributed by atoms with Crippen LogP contribution in [0.5, 0.6) is 0 Å². The normalized spacial score (nSPS) is 23.1. The van der Waals surface area contributed by atoms with Gasteiger partial charge in [-0.3, -0.25) is 9.59 Å². The smallest absolute Gasteiger partial charge is 0.307 e. The summed E-state index contributed by atoms with van der Waals surface area (Å²) in [5, 5.41) is 2.62. The number of hydrogen-bond donors (Lipinski definition) is 1. The molecule has 0 aromatic rings. The van der Waals surface area contributed by atoms with E-state index in [0.29, 0.717) is 6.61 Å². The monoisotopic (exact) mass is 173 g/mol. The second-order valence-electron chi connectivity index (χ2n) is 2.56. The Labute approximate surface area is 70.0 Å². The first kappa shape index (κ1) is 8.99. The van der Waals surface area contributed by atoms with Crippen LogP contribution in [-0.4, -0.2) is 38.2 Å². The van der Waals surface area contributed by atoms with E-state index in [2.05, 4.69) is 10.1 Å². The summed E-state index contributed by atoms with van der Waals surface area (Å²) >= 11 is 0. The van der Waals surface area contributed by atoms with E-state index in [1.54, 1.807) is 0 Å². The fraction of sp³-hybridized carbons (Fsp3) is 0.714. The molecule has 0 bridgehead atoms. The number of amides is 1. The Morgan fingerprint density at radius 2 is 2.58 bits per heavy atom. The van der Waals surface area contributed by atoms with Crippen LogP contribution in [0.3, 0.4) is 0 Å². The molecule has 0 saturated carbocycles. The van der Waals surface area contributed by atoms with E-state index in [4.69, 9.17) is 4.74 Å². The van der Waals surface area contributed by atoms with E-state index < -0.39 is 0 Å². The van der Waals surface area contributed by atoms with E-state index in [9.17, 15) is 9.59 Å². The number of rotatable bonds is 2. The van der Waals surface area contributed by atoms with Crippen molar-refractivity contribution < 1.29 is 19.1 Å². The van der Waals surface area contributed by atoms with Crippen molar-refractivity contribution >= 4 is 11.9 Å². The van der Waals surface area contributed by atoms with Crippen molar-refractivity contribution in [1.82, 2.24) is 5.32 Å². The number of esters is 1. The van der Waals surface area contributed by atoms with Gasteiger partial charge in [0.15, 0.2) is 0 Å². The minimum atomic E-state index is -0.342. The summed E-state index contributed by atoms with van der Waals surface area (Å²) in [6.07, 6.45) is 0.169. The van der Waals surface area contributed by atoms with Gasteiger partial charge >= 0.3 is 5.97 Å². The summed E-state index contributed by atoms with van der Waals surface area (Å²) in [7, 11) is 1.31. The Kier molecular flexibility index (Phi) is 3.04. The van der Waals surface area contributed by atoms with Crippen LogP contribution in [-0.2, 0) is 19.1 Å². The SMILES string of the molecule is COC(=O)C[C@@H]1COCC(=O)N1. The highest BCUT2D eigenvalue weighted by Gasteiger charge is 2.21. The Morgan fingerprint density at radius 1 is 1.83 bits per heavy atom. The first-order chi connectivity index (χ1) is 5.72. The van der Waals surface area contributed by atoms with Crippen molar-refractivity contribution in [3.8, 4) is 0 Å².